The molecule has 0 unspecified atom stereocenters. The number of ether oxygens (including phenoxy) is 2. The Hall–Kier alpha value is -2.86. The average Bonchev–Trinajstić information content (AvgIpc) is 3.16. The summed E-state index contributed by atoms with van der Waals surface area (Å²) < 4.78 is 11.0. The van der Waals surface area contributed by atoms with Gasteiger partial charge in [0.15, 0.2) is 0 Å². The lowest BCUT2D eigenvalue weighted by Crippen LogP contribution is -2.11. The van der Waals surface area contributed by atoms with E-state index >= 15 is 0 Å². The molecule has 1 N–H and O–H groups in total. The number of benzene rings is 2. The second kappa shape index (κ2) is 8.30. The molecular formula is C19H18N2O3S. The van der Waals surface area contributed by atoms with Gasteiger partial charge < -0.3 is 14.8 Å². The number of hydrogen-bond donors (Lipinski definition) is 1. The number of carbonyl (C=O) groups excluding carboxylic acids is 1. The van der Waals surface area contributed by atoms with Crippen LogP contribution in [0.2, 0.25) is 0 Å². The summed E-state index contributed by atoms with van der Waals surface area (Å²) in [5.74, 6) is 1.31. The highest BCUT2D eigenvalue weighted by molar-refractivity contribution is 7.07. The van der Waals surface area contributed by atoms with Crippen LogP contribution in [-0.2, 0) is 6.61 Å². The van der Waals surface area contributed by atoms with Gasteiger partial charge >= 0.3 is 0 Å². The second-order valence-electron chi connectivity index (χ2n) is 5.20. The first-order chi connectivity index (χ1) is 12.2. The fraction of sp³-hybridized carbons (Fsp3) is 0.158. The lowest BCUT2D eigenvalue weighted by atomic mass is 10.2. The van der Waals surface area contributed by atoms with E-state index in [2.05, 4.69) is 10.3 Å². The Morgan fingerprint density at radius 3 is 2.36 bits per heavy atom. The molecule has 0 saturated heterocycles. The number of carbonyl (C=O) groups is 1. The Bertz CT molecular complexity index is 800. The van der Waals surface area contributed by atoms with Crippen molar-refractivity contribution in [3.63, 3.8) is 0 Å². The fourth-order valence-corrected chi connectivity index (χ4v) is 2.72. The van der Waals surface area contributed by atoms with Crippen molar-refractivity contribution >= 4 is 22.9 Å². The van der Waals surface area contributed by atoms with Crippen LogP contribution in [0.3, 0.4) is 0 Å². The zero-order chi connectivity index (χ0) is 17.5. The van der Waals surface area contributed by atoms with Crippen LogP contribution in [0.4, 0.5) is 5.69 Å². The zero-order valence-electron chi connectivity index (χ0n) is 13.8. The summed E-state index contributed by atoms with van der Waals surface area (Å²) >= 11 is 1.53. The molecule has 0 aliphatic rings. The number of nitrogens with one attached hydrogen (secondary N) is 1. The predicted molar refractivity (Wildman–Crippen MR) is 98.5 cm³/mol. The minimum Gasteiger partial charge on any atom is -0.494 e. The molecule has 0 aliphatic carbocycles. The van der Waals surface area contributed by atoms with Crippen LogP contribution in [-0.4, -0.2) is 17.5 Å². The molecule has 0 spiro atoms. The van der Waals surface area contributed by atoms with Crippen molar-refractivity contribution < 1.29 is 14.3 Å². The van der Waals surface area contributed by atoms with Crippen LogP contribution in [0.1, 0.15) is 23.0 Å². The molecule has 6 heteroatoms. The predicted octanol–water partition coefficient (Wildman–Crippen LogP) is 4.37. The molecule has 3 rings (SSSR count). The lowest BCUT2D eigenvalue weighted by Gasteiger charge is -2.08. The van der Waals surface area contributed by atoms with E-state index in [4.69, 9.17) is 9.47 Å². The standard InChI is InChI=1S/C19H18N2O3S/c1-2-23-17-9-5-15(6-10-17)21-19(22)14-3-7-18(8-4-14)24-11-16-12-25-13-20-16/h3-10,12-13H,2,11H2,1H3,(H,21,22). The molecule has 0 radical (unpaired) electrons. The Morgan fingerprint density at radius 1 is 1.04 bits per heavy atom. The topological polar surface area (TPSA) is 60.5 Å². The molecule has 0 aliphatic heterocycles. The summed E-state index contributed by atoms with van der Waals surface area (Å²) in [5, 5.41) is 4.80. The molecule has 1 aromatic heterocycles. The van der Waals surface area contributed by atoms with Crippen LogP contribution in [0.25, 0.3) is 0 Å². The molecule has 25 heavy (non-hydrogen) atoms. The van der Waals surface area contributed by atoms with Crippen molar-refractivity contribution in [1.82, 2.24) is 4.98 Å². The highest BCUT2D eigenvalue weighted by atomic mass is 32.1. The number of hydrogen-bond acceptors (Lipinski definition) is 5. The maximum Gasteiger partial charge on any atom is 0.255 e. The summed E-state index contributed by atoms with van der Waals surface area (Å²) in [6.45, 7) is 2.96. The minimum absolute atomic E-state index is 0.171. The van der Waals surface area contributed by atoms with Crippen molar-refractivity contribution in [2.75, 3.05) is 11.9 Å². The number of aromatic nitrogens is 1. The molecule has 0 bridgehead atoms. The number of amides is 1. The second-order valence-corrected chi connectivity index (χ2v) is 5.92. The SMILES string of the molecule is CCOc1ccc(NC(=O)c2ccc(OCc3cscn3)cc2)cc1. The first-order valence-electron chi connectivity index (χ1n) is 7.89. The summed E-state index contributed by atoms with van der Waals surface area (Å²) in [6.07, 6.45) is 0. The third-order valence-corrected chi connectivity index (χ3v) is 4.05. The van der Waals surface area contributed by atoms with Crippen LogP contribution in [0, 0.1) is 0 Å². The highest BCUT2D eigenvalue weighted by Gasteiger charge is 2.07. The Labute approximate surface area is 150 Å². The van der Waals surface area contributed by atoms with Crippen LogP contribution in [0.5, 0.6) is 11.5 Å². The third kappa shape index (κ3) is 4.81. The molecular weight excluding hydrogens is 336 g/mol. The van der Waals surface area contributed by atoms with Gasteiger partial charge in [-0.25, -0.2) is 4.98 Å². The van der Waals surface area contributed by atoms with Gasteiger partial charge in [0.1, 0.15) is 18.1 Å². The number of anilines is 1. The quantitative estimate of drug-likeness (QED) is 0.684. The minimum atomic E-state index is -0.171. The smallest absolute Gasteiger partial charge is 0.255 e. The van der Waals surface area contributed by atoms with E-state index in [1.165, 1.54) is 11.3 Å². The molecule has 2 aromatic carbocycles. The summed E-state index contributed by atoms with van der Waals surface area (Å²) in [6, 6.07) is 14.3. The molecule has 0 fully saturated rings. The van der Waals surface area contributed by atoms with Gasteiger partial charge in [0, 0.05) is 16.6 Å². The lowest BCUT2D eigenvalue weighted by molar-refractivity contribution is 0.102. The van der Waals surface area contributed by atoms with Gasteiger partial charge in [0.2, 0.25) is 0 Å². The van der Waals surface area contributed by atoms with Gasteiger partial charge in [0.25, 0.3) is 5.91 Å². The van der Waals surface area contributed by atoms with E-state index in [1.807, 2.05) is 36.6 Å². The van der Waals surface area contributed by atoms with Gasteiger partial charge in [-0.05, 0) is 55.5 Å². The monoisotopic (exact) mass is 354 g/mol. The van der Waals surface area contributed by atoms with Crippen molar-refractivity contribution in [3.8, 4) is 11.5 Å². The molecule has 5 nitrogen and oxygen atoms in total. The molecule has 1 amide bonds. The first-order valence-corrected chi connectivity index (χ1v) is 8.83. The van der Waals surface area contributed by atoms with Gasteiger partial charge in [-0.3, -0.25) is 4.79 Å². The average molecular weight is 354 g/mol. The van der Waals surface area contributed by atoms with Crippen LogP contribution < -0.4 is 14.8 Å². The highest BCUT2D eigenvalue weighted by Crippen LogP contribution is 2.18. The van der Waals surface area contributed by atoms with Crippen molar-refractivity contribution in [2.24, 2.45) is 0 Å². The van der Waals surface area contributed by atoms with Crippen LogP contribution in [0.15, 0.2) is 59.4 Å². The van der Waals surface area contributed by atoms with E-state index in [9.17, 15) is 4.79 Å². The van der Waals surface area contributed by atoms with Crippen molar-refractivity contribution in [1.29, 1.82) is 0 Å². The van der Waals surface area contributed by atoms with Gasteiger partial charge in [-0.1, -0.05) is 0 Å². The van der Waals surface area contributed by atoms with Gasteiger partial charge in [-0.15, -0.1) is 11.3 Å². The van der Waals surface area contributed by atoms with E-state index < -0.39 is 0 Å². The molecule has 0 atom stereocenters. The Morgan fingerprint density at radius 2 is 1.72 bits per heavy atom. The number of rotatable bonds is 7. The van der Waals surface area contributed by atoms with Crippen molar-refractivity contribution in [3.05, 3.63) is 70.7 Å². The third-order valence-electron chi connectivity index (χ3n) is 3.41. The largest absolute Gasteiger partial charge is 0.494 e. The molecule has 0 saturated carbocycles. The maximum atomic E-state index is 12.3. The Kier molecular flexibility index (Phi) is 5.64. The summed E-state index contributed by atoms with van der Waals surface area (Å²) in [7, 11) is 0. The Balaban J connectivity index is 1.56. The number of thiazole rings is 1. The van der Waals surface area contributed by atoms with E-state index in [1.54, 1.807) is 29.8 Å². The van der Waals surface area contributed by atoms with Gasteiger partial charge in [0.05, 0.1) is 17.8 Å². The summed E-state index contributed by atoms with van der Waals surface area (Å²) in [4.78, 5) is 16.5. The molecule has 1 heterocycles. The fourth-order valence-electron chi connectivity index (χ4n) is 2.17. The number of nitrogens with zero attached hydrogens (tertiary/aromatic N) is 1. The van der Waals surface area contributed by atoms with Gasteiger partial charge in [-0.2, -0.15) is 0 Å². The van der Waals surface area contributed by atoms with Crippen LogP contribution >= 0.6 is 11.3 Å². The summed E-state index contributed by atoms with van der Waals surface area (Å²) in [5.41, 5.74) is 3.95. The van der Waals surface area contributed by atoms with E-state index in [-0.39, 0.29) is 5.91 Å². The van der Waals surface area contributed by atoms with E-state index in [0.717, 1.165) is 17.1 Å². The normalized spacial score (nSPS) is 10.3. The maximum absolute atomic E-state index is 12.3. The molecule has 128 valence electrons. The van der Waals surface area contributed by atoms with E-state index in [0.29, 0.717) is 24.5 Å². The van der Waals surface area contributed by atoms with Crippen molar-refractivity contribution in [2.45, 2.75) is 13.5 Å². The molecule has 3 aromatic rings. The zero-order valence-corrected chi connectivity index (χ0v) is 14.6. The first kappa shape index (κ1) is 17.0.